The Morgan fingerprint density at radius 3 is 2.53 bits per heavy atom. The van der Waals surface area contributed by atoms with E-state index >= 15 is 0 Å². The van der Waals surface area contributed by atoms with Crippen LogP contribution in [0.1, 0.15) is 16.7 Å². The van der Waals surface area contributed by atoms with E-state index in [1.807, 2.05) is 37.3 Å². The zero-order valence-corrected chi connectivity index (χ0v) is 11.8. The van der Waals surface area contributed by atoms with Gasteiger partial charge in [0.25, 0.3) is 0 Å². The molecule has 0 unspecified atom stereocenters. The number of halogens is 2. The molecule has 19 heavy (non-hydrogen) atoms. The molecule has 0 aliphatic heterocycles. The molecule has 5 heteroatoms. The van der Waals surface area contributed by atoms with E-state index in [2.05, 4.69) is 10.3 Å². The van der Waals surface area contributed by atoms with E-state index in [9.17, 15) is 0 Å². The minimum Gasteiger partial charge on any atom is -0.366 e. The lowest BCUT2D eigenvalue weighted by Gasteiger charge is -2.08. The van der Waals surface area contributed by atoms with Crippen LogP contribution in [0, 0.1) is 18.3 Å². The quantitative estimate of drug-likeness (QED) is 0.863. The Morgan fingerprint density at radius 2 is 1.95 bits per heavy atom. The van der Waals surface area contributed by atoms with Crippen LogP contribution in [0.4, 0.5) is 5.82 Å². The molecular weight excluding hydrogens is 281 g/mol. The normalized spacial score (nSPS) is 10.0. The van der Waals surface area contributed by atoms with Crippen LogP contribution in [-0.4, -0.2) is 4.98 Å². The number of anilines is 1. The third-order valence-electron chi connectivity index (χ3n) is 2.67. The Hall–Kier alpha value is -1.76. The van der Waals surface area contributed by atoms with Crippen molar-refractivity contribution in [2.45, 2.75) is 13.5 Å². The van der Waals surface area contributed by atoms with Crippen molar-refractivity contribution in [3.8, 4) is 6.07 Å². The lowest BCUT2D eigenvalue weighted by atomic mass is 10.2. The van der Waals surface area contributed by atoms with Gasteiger partial charge in [-0.1, -0.05) is 35.3 Å². The van der Waals surface area contributed by atoms with Crippen molar-refractivity contribution in [2.75, 3.05) is 5.32 Å². The van der Waals surface area contributed by atoms with Crippen LogP contribution in [0.3, 0.4) is 0 Å². The van der Waals surface area contributed by atoms with Crippen molar-refractivity contribution in [3.63, 3.8) is 0 Å². The Bertz CT molecular complexity index is 607. The van der Waals surface area contributed by atoms with Crippen LogP contribution < -0.4 is 5.32 Å². The largest absolute Gasteiger partial charge is 0.366 e. The molecule has 0 saturated carbocycles. The highest BCUT2D eigenvalue weighted by atomic mass is 35.5. The van der Waals surface area contributed by atoms with Crippen molar-refractivity contribution in [1.29, 1.82) is 5.26 Å². The van der Waals surface area contributed by atoms with Crippen LogP contribution in [-0.2, 0) is 6.54 Å². The molecule has 0 bridgehead atoms. The van der Waals surface area contributed by atoms with Gasteiger partial charge in [0.05, 0.1) is 5.56 Å². The van der Waals surface area contributed by atoms with Gasteiger partial charge in [0, 0.05) is 11.6 Å². The zero-order valence-electron chi connectivity index (χ0n) is 10.2. The lowest BCUT2D eigenvalue weighted by molar-refractivity contribution is 1.10. The molecule has 0 radical (unpaired) electrons. The van der Waals surface area contributed by atoms with E-state index in [0.717, 1.165) is 11.1 Å². The van der Waals surface area contributed by atoms with E-state index in [1.54, 1.807) is 6.07 Å². The molecule has 1 aromatic heterocycles. The second kappa shape index (κ2) is 5.92. The molecule has 0 spiro atoms. The summed E-state index contributed by atoms with van der Waals surface area (Å²) in [4.78, 5) is 4.14. The van der Waals surface area contributed by atoms with Crippen LogP contribution in [0.15, 0.2) is 30.3 Å². The number of aromatic nitrogens is 1. The lowest BCUT2D eigenvalue weighted by Crippen LogP contribution is -2.03. The van der Waals surface area contributed by atoms with E-state index in [1.165, 1.54) is 0 Å². The first-order valence-corrected chi connectivity index (χ1v) is 6.41. The molecule has 1 aromatic carbocycles. The Balaban J connectivity index is 2.12. The first kappa shape index (κ1) is 13.7. The summed E-state index contributed by atoms with van der Waals surface area (Å²) in [6, 6.07) is 11.4. The van der Waals surface area contributed by atoms with Gasteiger partial charge in [0.1, 0.15) is 17.0 Å². The molecule has 0 aliphatic carbocycles. The maximum atomic E-state index is 8.92. The number of rotatable bonds is 3. The second-order valence-electron chi connectivity index (χ2n) is 4.08. The second-order valence-corrected chi connectivity index (χ2v) is 4.88. The first-order chi connectivity index (χ1) is 9.10. The van der Waals surface area contributed by atoms with Gasteiger partial charge in [-0.25, -0.2) is 4.98 Å². The number of hydrogen-bond acceptors (Lipinski definition) is 3. The van der Waals surface area contributed by atoms with Crippen LogP contribution in [0.2, 0.25) is 10.2 Å². The Labute approximate surface area is 121 Å². The van der Waals surface area contributed by atoms with E-state index in [0.29, 0.717) is 22.9 Å². The van der Waals surface area contributed by atoms with E-state index in [4.69, 9.17) is 28.5 Å². The van der Waals surface area contributed by atoms with Crippen LogP contribution in [0.25, 0.3) is 0 Å². The fourth-order valence-electron chi connectivity index (χ4n) is 1.65. The highest BCUT2D eigenvalue weighted by Crippen LogP contribution is 2.20. The maximum Gasteiger partial charge on any atom is 0.149 e. The summed E-state index contributed by atoms with van der Waals surface area (Å²) in [5.41, 5.74) is 2.31. The molecule has 0 atom stereocenters. The van der Waals surface area contributed by atoms with Gasteiger partial charge in [0.15, 0.2) is 0 Å². The molecule has 96 valence electrons. The van der Waals surface area contributed by atoms with Gasteiger partial charge in [-0.05, 0) is 36.2 Å². The summed E-state index contributed by atoms with van der Waals surface area (Å²) < 4.78 is 0. The maximum absolute atomic E-state index is 8.92. The fraction of sp³-hybridized carbons (Fsp3) is 0.143. The molecule has 0 amide bonds. The highest BCUT2D eigenvalue weighted by molar-refractivity contribution is 6.31. The standard InChI is InChI=1S/C14H11Cl2N3/c1-9-6-13(19-14(16)12(9)7-17)18-8-10-2-4-11(15)5-3-10/h2-6H,8H2,1H3,(H,18,19). The van der Waals surface area contributed by atoms with Gasteiger partial charge in [0.2, 0.25) is 0 Å². The monoisotopic (exact) mass is 291 g/mol. The number of nitriles is 1. The first-order valence-electron chi connectivity index (χ1n) is 5.65. The average Bonchev–Trinajstić information content (AvgIpc) is 2.38. The van der Waals surface area contributed by atoms with Gasteiger partial charge in [-0.2, -0.15) is 5.26 Å². The number of benzene rings is 1. The molecule has 2 rings (SSSR count). The average molecular weight is 292 g/mol. The molecule has 0 fully saturated rings. The summed E-state index contributed by atoms with van der Waals surface area (Å²) in [5.74, 6) is 0.649. The number of nitrogens with one attached hydrogen (secondary N) is 1. The Kier molecular flexibility index (Phi) is 4.26. The zero-order chi connectivity index (χ0) is 13.8. The smallest absolute Gasteiger partial charge is 0.149 e. The third-order valence-corrected chi connectivity index (χ3v) is 3.20. The third kappa shape index (κ3) is 3.37. The molecule has 0 aliphatic rings. The minimum atomic E-state index is 0.223. The molecule has 1 N–H and O–H groups in total. The van der Waals surface area contributed by atoms with Crippen molar-refractivity contribution >= 4 is 29.0 Å². The molecule has 1 heterocycles. The van der Waals surface area contributed by atoms with E-state index < -0.39 is 0 Å². The van der Waals surface area contributed by atoms with Gasteiger partial charge in [-0.15, -0.1) is 0 Å². The summed E-state index contributed by atoms with van der Waals surface area (Å²) in [5, 5.41) is 13.0. The summed E-state index contributed by atoms with van der Waals surface area (Å²) in [6.07, 6.45) is 0. The number of hydrogen-bond donors (Lipinski definition) is 1. The van der Waals surface area contributed by atoms with Crippen molar-refractivity contribution < 1.29 is 0 Å². The summed E-state index contributed by atoms with van der Waals surface area (Å²) in [7, 11) is 0. The van der Waals surface area contributed by atoms with Crippen molar-refractivity contribution in [1.82, 2.24) is 4.98 Å². The minimum absolute atomic E-state index is 0.223. The van der Waals surface area contributed by atoms with Gasteiger partial charge in [-0.3, -0.25) is 0 Å². The summed E-state index contributed by atoms with van der Waals surface area (Å²) in [6.45, 7) is 2.45. The van der Waals surface area contributed by atoms with Crippen molar-refractivity contribution in [2.24, 2.45) is 0 Å². The summed E-state index contributed by atoms with van der Waals surface area (Å²) >= 11 is 11.8. The molecular formula is C14H11Cl2N3. The number of aryl methyl sites for hydroxylation is 1. The van der Waals surface area contributed by atoms with E-state index in [-0.39, 0.29) is 5.15 Å². The fourth-order valence-corrected chi connectivity index (χ4v) is 2.06. The van der Waals surface area contributed by atoms with Crippen LogP contribution >= 0.6 is 23.2 Å². The van der Waals surface area contributed by atoms with Crippen molar-refractivity contribution in [3.05, 3.63) is 57.2 Å². The van der Waals surface area contributed by atoms with Gasteiger partial charge >= 0.3 is 0 Å². The van der Waals surface area contributed by atoms with Gasteiger partial charge < -0.3 is 5.32 Å². The number of pyridine rings is 1. The highest BCUT2D eigenvalue weighted by Gasteiger charge is 2.07. The molecule has 2 aromatic rings. The predicted molar refractivity (Wildman–Crippen MR) is 77.5 cm³/mol. The predicted octanol–water partition coefficient (Wildman–Crippen LogP) is 4.18. The van der Waals surface area contributed by atoms with Crippen LogP contribution in [0.5, 0.6) is 0 Å². The topological polar surface area (TPSA) is 48.7 Å². The SMILES string of the molecule is Cc1cc(NCc2ccc(Cl)cc2)nc(Cl)c1C#N. The Morgan fingerprint density at radius 1 is 1.26 bits per heavy atom. The molecule has 0 saturated heterocycles. The molecule has 3 nitrogen and oxygen atoms in total. The number of nitrogens with zero attached hydrogens (tertiary/aromatic N) is 2.